The van der Waals surface area contributed by atoms with Crippen LogP contribution >= 0.6 is 0 Å². The number of amides is 1. The largest absolute Gasteiger partial charge is 0.484 e. The number of alkyl halides is 3. The summed E-state index contributed by atoms with van der Waals surface area (Å²) in [5, 5.41) is 0. The Kier molecular flexibility index (Phi) is 7.74. The molecule has 0 bridgehead atoms. The molecule has 3 heterocycles. The molecule has 1 aromatic heterocycles. The van der Waals surface area contributed by atoms with Crippen molar-refractivity contribution in [1.82, 2.24) is 14.8 Å². The van der Waals surface area contributed by atoms with Crippen LogP contribution in [0.4, 0.5) is 19.0 Å². The van der Waals surface area contributed by atoms with Gasteiger partial charge in [0.1, 0.15) is 22.9 Å². The van der Waals surface area contributed by atoms with Crippen molar-refractivity contribution in [1.29, 1.82) is 0 Å². The summed E-state index contributed by atoms with van der Waals surface area (Å²) in [5.41, 5.74) is -1.48. The minimum Gasteiger partial charge on any atom is -0.484 e. The lowest BCUT2D eigenvalue weighted by atomic mass is 10.0. The quantitative estimate of drug-likeness (QED) is 0.448. The number of rotatable bonds is 8. The van der Waals surface area contributed by atoms with E-state index in [0.29, 0.717) is 37.6 Å². The van der Waals surface area contributed by atoms with E-state index in [4.69, 9.17) is 9.47 Å². The van der Waals surface area contributed by atoms with Gasteiger partial charge in [0.2, 0.25) is 0 Å². The van der Waals surface area contributed by atoms with Gasteiger partial charge in [0.05, 0.1) is 12.1 Å². The number of hydrogen-bond acceptors (Lipinski definition) is 5. The molecule has 2 aliphatic heterocycles. The third-order valence-corrected chi connectivity index (χ3v) is 7.35. The topological polar surface area (TPSA) is 61.0 Å². The average molecular weight is 543 g/mol. The fourth-order valence-electron chi connectivity index (χ4n) is 5.32. The van der Waals surface area contributed by atoms with E-state index in [2.05, 4.69) is 14.8 Å². The molecule has 3 aromatic rings. The van der Waals surface area contributed by atoms with Crippen molar-refractivity contribution in [2.75, 3.05) is 50.7 Å². The lowest BCUT2D eigenvalue weighted by Crippen LogP contribution is -2.55. The molecule has 2 saturated heterocycles. The first-order valence-electron chi connectivity index (χ1n) is 13.2. The Bertz CT molecular complexity index is 1210. The summed E-state index contributed by atoms with van der Waals surface area (Å²) in [7, 11) is 0. The van der Waals surface area contributed by atoms with Gasteiger partial charge in [-0.2, -0.15) is 13.2 Å². The number of piperazine rings is 1. The van der Waals surface area contributed by atoms with Gasteiger partial charge in [-0.3, -0.25) is 9.69 Å². The molecule has 5 rings (SSSR count). The average Bonchev–Trinajstić information content (AvgIpc) is 3.60. The van der Waals surface area contributed by atoms with E-state index < -0.39 is 23.4 Å². The minimum atomic E-state index is -4.42. The van der Waals surface area contributed by atoms with E-state index in [-0.39, 0.29) is 5.91 Å². The maximum Gasteiger partial charge on any atom is 0.416 e. The Labute approximate surface area is 226 Å². The number of nitrogens with zero attached hydrogens (tertiary/aromatic N) is 3. The van der Waals surface area contributed by atoms with E-state index in [1.54, 1.807) is 24.0 Å². The van der Waals surface area contributed by atoms with Crippen molar-refractivity contribution in [2.45, 2.75) is 31.2 Å². The molecule has 0 saturated carbocycles. The molecular weight excluding hydrogens is 509 g/mol. The number of benzene rings is 2. The second-order valence-electron chi connectivity index (χ2n) is 10.2. The number of nitrogens with one attached hydrogen (secondary N) is 1. The highest BCUT2D eigenvalue weighted by Crippen LogP contribution is 2.34. The van der Waals surface area contributed by atoms with Crippen molar-refractivity contribution in [3.05, 3.63) is 78.5 Å². The van der Waals surface area contributed by atoms with Crippen molar-refractivity contribution < 1.29 is 27.4 Å². The van der Waals surface area contributed by atoms with Crippen LogP contribution in [0.25, 0.3) is 0 Å². The zero-order valence-corrected chi connectivity index (χ0v) is 21.9. The zero-order valence-electron chi connectivity index (χ0n) is 21.9. The van der Waals surface area contributed by atoms with Crippen LogP contribution in [0.1, 0.15) is 18.9 Å². The molecule has 208 valence electrons. The van der Waals surface area contributed by atoms with Crippen LogP contribution in [0, 0.1) is 0 Å². The molecule has 1 amide bonds. The van der Waals surface area contributed by atoms with Gasteiger partial charge in [0.15, 0.2) is 6.10 Å². The fourth-order valence-corrected chi connectivity index (χ4v) is 5.32. The summed E-state index contributed by atoms with van der Waals surface area (Å²) in [6, 6.07) is 18.0. The number of carbonyl (C=O) groups excluding carboxylic acids is 1. The molecule has 2 aromatic carbocycles. The van der Waals surface area contributed by atoms with Crippen LogP contribution in [0.3, 0.4) is 0 Å². The summed E-state index contributed by atoms with van der Waals surface area (Å²) < 4.78 is 51.6. The second-order valence-corrected chi connectivity index (χ2v) is 10.2. The van der Waals surface area contributed by atoms with E-state index >= 15 is 0 Å². The summed E-state index contributed by atoms with van der Waals surface area (Å²) in [6.07, 6.45) is -2.63. The fraction of sp³-hybridized carbons (Fsp3) is 0.414. The number of aromatic nitrogens is 1. The smallest absolute Gasteiger partial charge is 0.416 e. The highest BCUT2D eigenvalue weighted by Gasteiger charge is 2.45. The molecule has 2 aliphatic rings. The molecule has 0 radical (unpaired) electrons. The third-order valence-electron chi connectivity index (χ3n) is 7.35. The van der Waals surface area contributed by atoms with Crippen LogP contribution in [-0.2, 0) is 11.0 Å². The number of halogens is 3. The number of anilines is 1. The van der Waals surface area contributed by atoms with Crippen molar-refractivity contribution >= 4 is 11.7 Å². The summed E-state index contributed by atoms with van der Waals surface area (Å²) >= 11 is 0. The van der Waals surface area contributed by atoms with E-state index in [1.165, 1.54) is 12.1 Å². The van der Waals surface area contributed by atoms with Crippen molar-refractivity contribution in [2.24, 2.45) is 0 Å². The van der Waals surface area contributed by atoms with Crippen LogP contribution in [0.15, 0.2) is 72.9 Å². The Balaban J connectivity index is 1.29. The SMILES string of the molecule is CC(Oc1ccccc1)C(=O)N1CC[C@@](CN2CCN(c3ccc[nH]3)CC2)(Oc2ccc(C(F)(F)F)cc2)C1. The van der Waals surface area contributed by atoms with Gasteiger partial charge in [-0.15, -0.1) is 0 Å². The monoisotopic (exact) mass is 542 g/mol. The zero-order chi connectivity index (χ0) is 27.5. The predicted molar refractivity (Wildman–Crippen MR) is 142 cm³/mol. The molecule has 0 aliphatic carbocycles. The first kappa shape index (κ1) is 26.9. The van der Waals surface area contributed by atoms with Gasteiger partial charge >= 0.3 is 6.18 Å². The van der Waals surface area contributed by atoms with E-state index in [9.17, 15) is 18.0 Å². The summed E-state index contributed by atoms with van der Waals surface area (Å²) in [4.78, 5) is 22.9. The van der Waals surface area contributed by atoms with Gasteiger partial charge in [-0.05, 0) is 55.5 Å². The van der Waals surface area contributed by atoms with Gasteiger partial charge in [0.25, 0.3) is 5.91 Å². The normalized spacial score (nSPS) is 21.1. The molecule has 0 spiro atoms. The number of likely N-dealkylation sites (tertiary alicyclic amines) is 1. The van der Waals surface area contributed by atoms with Crippen LogP contribution in [-0.4, -0.2) is 78.2 Å². The molecule has 1 N–H and O–H groups in total. The summed E-state index contributed by atoms with van der Waals surface area (Å²) in [6.45, 7) is 6.37. The third kappa shape index (κ3) is 6.50. The molecule has 2 atom stereocenters. The molecule has 39 heavy (non-hydrogen) atoms. The molecule has 7 nitrogen and oxygen atoms in total. The maximum absolute atomic E-state index is 13.3. The highest BCUT2D eigenvalue weighted by molar-refractivity contribution is 5.81. The van der Waals surface area contributed by atoms with Crippen molar-refractivity contribution in [3.63, 3.8) is 0 Å². The predicted octanol–water partition coefficient (Wildman–Crippen LogP) is 4.67. The Morgan fingerprint density at radius 1 is 0.949 bits per heavy atom. The lowest BCUT2D eigenvalue weighted by Gasteiger charge is -2.40. The Hall–Kier alpha value is -3.66. The first-order valence-corrected chi connectivity index (χ1v) is 13.2. The molecule has 10 heteroatoms. The van der Waals surface area contributed by atoms with Crippen LogP contribution in [0.2, 0.25) is 0 Å². The van der Waals surface area contributed by atoms with Gasteiger partial charge in [-0.1, -0.05) is 18.2 Å². The van der Waals surface area contributed by atoms with Gasteiger partial charge in [-0.25, -0.2) is 0 Å². The highest BCUT2D eigenvalue weighted by atomic mass is 19.4. The molecule has 1 unspecified atom stereocenters. The Morgan fingerprint density at radius 2 is 1.67 bits per heavy atom. The van der Waals surface area contributed by atoms with Gasteiger partial charge in [0, 0.05) is 51.9 Å². The number of carbonyl (C=O) groups is 1. The Morgan fingerprint density at radius 3 is 2.31 bits per heavy atom. The number of para-hydroxylation sites is 1. The molecule has 2 fully saturated rings. The number of ether oxygens (including phenoxy) is 2. The lowest BCUT2D eigenvalue weighted by molar-refractivity contribution is -0.138. The van der Waals surface area contributed by atoms with Crippen LogP contribution < -0.4 is 14.4 Å². The standard InChI is InChI=1S/C29H33F3N4O3/c1-22(38-24-6-3-2-4-7-24)27(37)36-15-13-28(21-36,39-25-11-9-23(10-12-25)29(30,31)32)20-34-16-18-35(19-17-34)26-8-5-14-33-26/h2-12,14,22,33H,13,15-21H2,1H3/t22?,28-/m0/s1. The number of aromatic amines is 1. The second kappa shape index (κ2) is 11.2. The van der Waals surface area contributed by atoms with E-state index in [1.807, 2.05) is 36.5 Å². The molecular formula is C29H33F3N4O3. The first-order chi connectivity index (χ1) is 18.7. The maximum atomic E-state index is 13.3. The van der Waals surface area contributed by atoms with Crippen LogP contribution in [0.5, 0.6) is 11.5 Å². The van der Waals surface area contributed by atoms with Crippen molar-refractivity contribution in [3.8, 4) is 11.5 Å². The van der Waals surface area contributed by atoms with Gasteiger partial charge < -0.3 is 24.3 Å². The van der Waals surface area contributed by atoms with E-state index in [0.717, 1.165) is 44.1 Å². The number of H-pyrrole nitrogens is 1. The number of hydrogen-bond donors (Lipinski definition) is 1. The minimum absolute atomic E-state index is 0.145. The summed E-state index contributed by atoms with van der Waals surface area (Å²) in [5.74, 6) is 1.91.